The highest BCUT2D eigenvalue weighted by Gasteiger charge is 2.19. The quantitative estimate of drug-likeness (QED) is 0.501. The zero-order valence-electron chi connectivity index (χ0n) is 22.7. The lowest BCUT2D eigenvalue weighted by atomic mass is 9.97. The van der Waals surface area contributed by atoms with Crippen LogP contribution >= 0.6 is 0 Å². The number of anilines is 2. The second-order valence-corrected chi connectivity index (χ2v) is 10.2. The maximum atomic E-state index is 13.2. The van der Waals surface area contributed by atoms with Gasteiger partial charge in [0.2, 0.25) is 0 Å². The minimum atomic E-state index is -0.116. The molecule has 0 aliphatic carbocycles. The maximum absolute atomic E-state index is 13.2. The Morgan fingerprint density at radius 2 is 1.66 bits per heavy atom. The molecule has 2 aliphatic rings. The Morgan fingerprint density at radius 3 is 2.34 bits per heavy atom. The lowest BCUT2D eigenvalue weighted by Crippen LogP contribution is -2.44. The minimum absolute atomic E-state index is 0.116. The number of nitrogens with one attached hydrogen (secondary N) is 1. The molecule has 0 bridgehead atoms. The van der Waals surface area contributed by atoms with Crippen molar-refractivity contribution >= 4 is 17.3 Å². The first-order valence-electron chi connectivity index (χ1n) is 13.4. The fourth-order valence-electron chi connectivity index (χ4n) is 5.20. The number of nitrogens with zero attached hydrogens (tertiary/aromatic N) is 3. The van der Waals surface area contributed by atoms with Crippen LogP contribution in [-0.2, 0) is 11.3 Å². The molecule has 0 atom stereocenters. The topological polar surface area (TPSA) is 57.3 Å². The van der Waals surface area contributed by atoms with Crippen LogP contribution in [0.5, 0.6) is 5.75 Å². The lowest BCUT2D eigenvalue weighted by Gasteiger charge is -2.35. The predicted molar refractivity (Wildman–Crippen MR) is 153 cm³/mol. The molecule has 0 spiro atoms. The molecule has 3 aromatic carbocycles. The number of morpholine rings is 1. The summed E-state index contributed by atoms with van der Waals surface area (Å²) in [6.45, 7) is 10.5. The van der Waals surface area contributed by atoms with Gasteiger partial charge < -0.3 is 24.6 Å². The van der Waals surface area contributed by atoms with Crippen molar-refractivity contribution in [3.8, 4) is 16.9 Å². The van der Waals surface area contributed by atoms with Crippen molar-refractivity contribution in [3.05, 3.63) is 77.4 Å². The van der Waals surface area contributed by atoms with E-state index >= 15 is 0 Å². The largest absolute Gasteiger partial charge is 0.495 e. The van der Waals surface area contributed by atoms with E-state index in [-0.39, 0.29) is 5.91 Å². The first kappa shape index (κ1) is 26.2. The summed E-state index contributed by atoms with van der Waals surface area (Å²) < 4.78 is 11.1. The molecule has 3 aromatic rings. The second kappa shape index (κ2) is 12.0. The van der Waals surface area contributed by atoms with Crippen molar-refractivity contribution in [2.75, 3.05) is 76.9 Å². The van der Waals surface area contributed by atoms with Gasteiger partial charge in [-0.05, 0) is 66.6 Å². The number of methoxy groups -OCH3 is 1. The third kappa shape index (κ3) is 6.18. The lowest BCUT2D eigenvalue weighted by molar-refractivity contribution is 0.0342. The van der Waals surface area contributed by atoms with Crippen molar-refractivity contribution in [1.29, 1.82) is 0 Å². The molecule has 5 rings (SSSR count). The Kier molecular flexibility index (Phi) is 8.27. The van der Waals surface area contributed by atoms with E-state index in [1.54, 1.807) is 7.11 Å². The smallest absolute Gasteiger partial charge is 0.255 e. The van der Waals surface area contributed by atoms with Crippen LogP contribution < -0.4 is 15.0 Å². The number of benzene rings is 3. The van der Waals surface area contributed by atoms with Gasteiger partial charge in [-0.3, -0.25) is 9.69 Å². The van der Waals surface area contributed by atoms with Crippen molar-refractivity contribution in [3.63, 3.8) is 0 Å². The van der Waals surface area contributed by atoms with Gasteiger partial charge in [-0.25, -0.2) is 0 Å². The summed E-state index contributed by atoms with van der Waals surface area (Å²) in [6, 6.07) is 20.5. The van der Waals surface area contributed by atoms with Crippen LogP contribution in [0, 0.1) is 6.92 Å². The molecule has 0 radical (unpaired) electrons. The molecule has 7 heteroatoms. The summed E-state index contributed by atoms with van der Waals surface area (Å²) in [5.41, 5.74) is 7.11. The Hall–Kier alpha value is -3.39. The summed E-state index contributed by atoms with van der Waals surface area (Å²) in [4.78, 5) is 20.2. The number of hydrogen-bond acceptors (Lipinski definition) is 6. The van der Waals surface area contributed by atoms with Crippen LogP contribution in [0.25, 0.3) is 11.1 Å². The number of likely N-dealkylation sites (N-methyl/N-ethyl adjacent to an activating group) is 1. The molecule has 1 amide bonds. The highest BCUT2D eigenvalue weighted by molar-refractivity contribution is 6.05. The van der Waals surface area contributed by atoms with Crippen molar-refractivity contribution in [2.24, 2.45) is 0 Å². The van der Waals surface area contributed by atoms with Crippen molar-refractivity contribution in [2.45, 2.75) is 13.5 Å². The number of hydrogen-bond donors (Lipinski definition) is 1. The van der Waals surface area contributed by atoms with E-state index in [1.165, 1.54) is 5.56 Å². The number of piperazine rings is 1. The number of amides is 1. The average molecular weight is 515 g/mol. The molecular weight excluding hydrogens is 476 g/mol. The zero-order valence-corrected chi connectivity index (χ0v) is 22.7. The van der Waals surface area contributed by atoms with E-state index in [0.717, 1.165) is 92.8 Å². The normalized spacial score (nSPS) is 16.9. The van der Waals surface area contributed by atoms with Gasteiger partial charge in [-0.2, -0.15) is 0 Å². The Balaban J connectivity index is 1.26. The monoisotopic (exact) mass is 514 g/mol. The summed E-state index contributed by atoms with van der Waals surface area (Å²) >= 11 is 0. The summed E-state index contributed by atoms with van der Waals surface area (Å²) in [5, 5.41) is 3.09. The summed E-state index contributed by atoms with van der Waals surface area (Å²) in [7, 11) is 3.83. The number of rotatable bonds is 7. The number of carbonyl (C=O) groups is 1. The zero-order chi connectivity index (χ0) is 26.5. The molecule has 2 heterocycles. The third-order valence-corrected chi connectivity index (χ3v) is 7.54. The molecule has 7 nitrogen and oxygen atoms in total. The Bertz CT molecular complexity index is 1250. The van der Waals surface area contributed by atoms with Gasteiger partial charge in [0, 0.05) is 57.1 Å². The fraction of sp³-hybridized carbons (Fsp3) is 0.387. The molecule has 2 fully saturated rings. The summed E-state index contributed by atoms with van der Waals surface area (Å²) in [5.74, 6) is 0.707. The van der Waals surface area contributed by atoms with Gasteiger partial charge in [0.15, 0.2) is 0 Å². The summed E-state index contributed by atoms with van der Waals surface area (Å²) in [6.07, 6.45) is 0. The van der Waals surface area contributed by atoms with Gasteiger partial charge in [0.1, 0.15) is 5.75 Å². The molecule has 38 heavy (non-hydrogen) atoms. The molecule has 0 unspecified atom stereocenters. The van der Waals surface area contributed by atoms with Gasteiger partial charge in [-0.1, -0.05) is 30.3 Å². The molecule has 0 saturated carbocycles. The maximum Gasteiger partial charge on any atom is 0.255 e. The van der Waals surface area contributed by atoms with Crippen LogP contribution in [0.1, 0.15) is 21.5 Å². The van der Waals surface area contributed by atoms with E-state index in [1.807, 2.05) is 36.4 Å². The standard InChI is InChI=1S/C31H38N4O3/c1-23-20-26(8-10-28(23)25-6-4-24(5-7-25)22-34-16-18-38-19-17-34)31(36)32-27-9-11-30(37-3)29(21-27)35-14-12-33(2)13-15-35/h4-11,20-21H,12-19,22H2,1-3H3,(H,32,36). The first-order valence-corrected chi connectivity index (χ1v) is 13.4. The van der Waals surface area contributed by atoms with Crippen LogP contribution in [0.2, 0.25) is 0 Å². The van der Waals surface area contributed by atoms with E-state index in [4.69, 9.17) is 9.47 Å². The molecule has 2 aliphatic heterocycles. The number of ether oxygens (including phenoxy) is 2. The first-order chi connectivity index (χ1) is 18.5. The molecular formula is C31H38N4O3. The minimum Gasteiger partial charge on any atom is -0.495 e. The van der Waals surface area contributed by atoms with E-state index < -0.39 is 0 Å². The van der Waals surface area contributed by atoms with E-state index in [9.17, 15) is 4.79 Å². The predicted octanol–water partition coefficient (Wildman–Crippen LogP) is 4.51. The third-order valence-electron chi connectivity index (χ3n) is 7.54. The van der Waals surface area contributed by atoms with E-state index in [0.29, 0.717) is 5.56 Å². The van der Waals surface area contributed by atoms with E-state index in [2.05, 4.69) is 58.3 Å². The molecule has 2 saturated heterocycles. The number of aryl methyl sites for hydroxylation is 1. The highest BCUT2D eigenvalue weighted by atomic mass is 16.5. The second-order valence-electron chi connectivity index (χ2n) is 10.2. The average Bonchev–Trinajstić information content (AvgIpc) is 2.94. The Morgan fingerprint density at radius 1 is 0.921 bits per heavy atom. The SMILES string of the molecule is COc1ccc(NC(=O)c2ccc(-c3ccc(CN4CCOCC4)cc3)c(C)c2)cc1N1CCN(C)CC1. The Labute approximate surface area is 225 Å². The van der Waals surface area contributed by atoms with Crippen LogP contribution in [0.4, 0.5) is 11.4 Å². The van der Waals surface area contributed by atoms with Crippen LogP contribution in [0.3, 0.4) is 0 Å². The van der Waals surface area contributed by atoms with Gasteiger partial charge >= 0.3 is 0 Å². The fourth-order valence-corrected chi connectivity index (χ4v) is 5.20. The van der Waals surface area contributed by atoms with Gasteiger partial charge in [-0.15, -0.1) is 0 Å². The molecule has 200 valence electrons. The van der Waals surface area contributed by atoms with Gasteiger partial charge in [0.25, 0.3) is 5.91 Å². The highest BCUT2D eigenvalue weighted by Crippen LogP contribution is 2.32. The molecule has 0 aromatic heterocycles. The van der Waals surface area contributed by atoms with Crippen LogP contribution in [-0.4, -0.2) is 82.3 Å². The number of carbonyl (C=O) groups excluding carboxylic acids is 1. The van der Waals surface area contributed by atoms with Crippen molar-refractivity contribution in [1.82, 2.24) is 9.80 Å². The van der Waals surface area contributed by atoms with Gasteiger partial charge in [0.05, 0.1) is 26.0 Å². The molecule has 1 N–H and O–H groups in total. The van der Waals surface area contributed by atoms with Crippen LogP contribution in [0.15, 0.2) is 60.7 Å². The van der Waals surface area contributed by atoms with Crippen molar-refractivity contribution < 1.29 is 14.3 Å².